The van der Waals surface area contributed by atoms with Gasteiger partial charge in [0.25, 0.3) is 0 Å². The predicted octanol–water partition coefficient (Wildman–Crippen LogP) is 4.58. The van der Waals surface area contributed by atoms with Gasteiger partial charge in [0.15, 0.2) is 5.58 Å². The van der Waals surface area contributed by atoms with Gasteiger partial charge in [-0.1, -0.05) is 19.0 Å². The highest BCUT2D eigenvalue weighted by Crippen LogP contribution is 2.31. The predicted molar refractivity (Wildman–Crippen MR) is 115 cm³/mol. The molecule has 0 aliphatic heterocycles. The van der Waals surface area contributed by atoms with E-state index in [9.17, 15) is 0 Å². The second-order valence-corrected chi connectivity index (χ2v) is 7.59. The van der Waals surface area contributed by atoms with Crippen molar-refractivity contribution in [2.45, 2.75) is 19.8 Å². The Morgan fingerprint density at radius 1 is 1.10 bits per heavy atom. The molecule has 2 aromatic carbocycles. The maximum atomic E-state index is 5.74. The zero-order chi connectivity index (χ0) is 20.4. The summed E-state index contributed by atoms with van der Waals surface area (Å²) in [7, 11) is 4.05. The summed E-state index contributed by atoms with van der Waals surface area (Å²) >= 11 is 0. The quantitative estimate of drug-likeness (QED) is 0.494. The van der Waals surface area contributed by atoms with Crippen LogP contribution in [0.5, 0.6) is 5.75 Å². The van der Waals surface area contributed by atoms with E-state index in [2.05, 4.69) is 34.2 Å². The van der Waals surface area contributed by atoms with E-state index < -0.39 is 0 Å². The highest BCUT2D eigenvalue weighted by Gasteiger charge is 2.16. The molecule has 0 atom stereocenters. The lowest BCUT2D eigenvalue weighted by Crippen LogP contribution is -2.19. The SMILES string of the molecule is CC(C)c1noc2ccc3cnc(Nc4ccc(OCCN(C)C)cc4)nc3c12. The van der Waals surface area contributed by atoms with Gasteiger partial charge in [0, 0.05) is 23.8 Å². The highest BCUT2D eigenvalue weighted by atomic mass is 16.5. The fourth-order valence-electron chi connectivity index (χ4n) is 3.11. The number of hydrogen-bond acceptors (Lipinski definition) is 7. The third kappa shape index (κ3) is 4.14. The Morgan fingerprint density at radius 2 is 1.90 bits per heavy atom. The Bertz CT molecular complexity index is 1120. The molecule has 0 aliphatic carbocycles. The second-order valence-electron chi connectivity index (χ2n) is 7.59. The van der Waals surface area contributed by atoms with Crippen molar-refractivity contribution in [1.29, 1.82) is 0 Å². The first-order valence-corrected chi connectivity index (χ1v) is 9.71. The van der Waals surface area contributed by atoms with E-state index in [4.69, 9.17) is 14.2 Å². The van der Waals surface area contributed by atoms with Gasteiger partial charge in [-0.15, -0.1) is 0 Å². The second kappa shape index (κ2) is 8.05. The molecule has 0 amide bonds. The van der Waals surface area contributed by atoms with Crippen molar-refractivity contribution in [3.8, 4) is 5.75 Å². The molecule has 0 saturated heterocycles. The van der Waals surface area contributed by atoms with E-state index in [0.29, 0.717) is 12.6 Å². The highest BCUT2D eigenvalue weighted by molar-refractivity contribution is 6.04. The number of benzene rings is 2. The van der Waals surface area contributed by atoms with Crippen molar-refractivity contribution in [3.05, 3.63) is 48.3 Å². The van der Waals surface area contributed by atoms with Crippen LogP contribution >= 0.6 is 0 Å². The lowest BCUT2D eigenvalue weighted by Gasteiger charge is -2.11. The molecule has 2 aromatic heterocycles. The topological polar surface area (TPSA) is 76.3 Å². The summed E-state index contributed by atoms with van der Waals surface area (Å²) in [4.78, 5) is 11.3. The minimum atomic E-state index is 0.244. The van der Waals surface area contributed by atoms with Crippen molar-refractivity contribution in [1.82, 2.24) is 20.0 Å². The Morgan fingerprint density at radius 3 is 2.62 bits per heavy atom. The van der Waals surface area contributed by atoms with E-state index in [1.165, 1.54) is 0 Å². The van der Waals surface area contributed by atoms with Crippen LogP contribution in [0.15, 0.2) is 47.1 Å². The Labute approximate surface area is 169 Å². The average molecular weight is 391 g/mol. The summed E-state index contributed by atoms with van der Waals surface area (Å²) in [5.41, 5.74) is 3.39. The van der Waals surface area contributed by atoms with Crippen molar-refractivity contribution in [2.24, 2.45) is 0 Å². The first-order valence-electron chi connectivity index (χ1n) is 9.71. The van der Waals surface area contributed by atoms with Gasteiger partial charge in [0.2, 0.25) is 5.95 Å². The van der Waals surface area contributed by atoms with Gasteiger partial charge in [0.1, 0.15) is 12.4 Å². The third-order valence-electron chi connectivity index (χ3n) is 4.68. The van der Waals surface area contributed by atoms with Crippen LogP contribution in [0.25, 0.3) is 21.9 Å². The van der Waals surface area contributed by atoms with Gasteiger partial charge < -0.3 is 19.5 Å². The molecule has 2 heterocycles. The molecular weight excluding hydrogens is 366 g/mol. The van der Waals surface area contributed by atoms with Gasteiger partial charge in [-0.2, -0.15) is 0 Å². The van der Waals surface area contributed by atoms with Crippen LogP contribution in [0.3, 0.4) is 0 Å². The molecule has 0 spiro atoms. The molecule has 1 N–H and O–H groups in total. The fraction of sp³-hybridized carbons (Fsp3) is 0.318. The molecule has 7 heteroatoms. The number of likely N-dealkylation sites (N-methyl/N-ethyl adjacent to an activating group) is 1. The summed E-state index contributed by atoms with van der Waals surface area (Å²) in [6.45, 7) is 5.72. The van der Waals surface area contributed by atoms with Crippen LogP contribution in [0, 0.1) is 0 Å². The van der Waals surface area contributed by atoms with Crippen molar-refractivity contribution in [3.63, 3.8) is 0 Å². The van der Waals surface area contributed by atoms with E-state index in [1.54, 1.807) is 0 Å². The van der Waals surface area contributed by atoms with Gasteiger partial charge in [-0.05, 0) is 56.4 Å². The van der Waals surface area contributed by atoms with Crippen LogP contribution in [0.2, 0.25) is 0 Å². The Balaban J connectivity index is 1.58. The summed E-state index contributed by atoms with van der Waals surface area (Å²) in [6.07, 6.45) is 1.82. The molecule has 0 radical (unpaired) electrons. The lowest BCUT2D eigenvalue weighted by atomic mass is 10.0. The maximum Gasteiger partial charge on any atom is 0.227 e. The van der Waals surface area contributed by atoms with E-state index in [0.717, 1.165) is 45.5 Å². The van der Waals surface area contributed by atoms with Crippen LogP contribution < -0.4 is 10.1 Å². The van der Waals surface area contributed by atoms with E-state index in [1.807, 2.05) is 56.7 Å². The lowest BCUT2D eigenvalue weighted by molar-refractivity contribution is 0.261. The molecule has 7 nitrogen and oxygen atoms in total. The maximum absolute atomic E-state index is 5.74. The average Bonchev–Trinajstić information content (AvgIpc) is 3.14. The van der Waals surface area contributed by atoms with Crippen molar-refractivity contribution in [2.75, 3.05) is 32.6 Å². The molecule has 29 heavy (non-hydrogen) atoms. The Hall–Kier alpha value is -3.19. The molecule has 0 aliphatic rings. The van der Waals surface area contributed by atoms with Gasteiger partial charge in [-0.3, -0.25) is 0 Å². The number of aromatic nitrogens is 3. The number of hydrogen-bond donors (Lipinski definition) is 1. The van der Waals surface area contributed by atoms with E-state index in [-0.39, 0.29) is 5.92 Å². The number of ether oxygens (including phenoxy) is 1. The standard InChI is InChI=1S/C22H25N5O2/c1-14(2)20-19-18(29-26-20)10-5-15-13-23-22(25-21(15)19)24-16-6-8-17(9-7-16)28-12-11-27(3)4/h5-10,13-14H,11-12H2,1-4H3,(H,23,24,25). The summed E-state index contributed by atoms with van der Waals surface area (Å²) in [6, 6.07) is 11.7. The molecule has 150 valence electrons. The molecular formula is C22H25N5O2. The van der Waals surface area contributed by atoms with Crippen LogP contribution in [0.1, 0.15) is 25.5 Å². The van der Waals surface area contributed by atoms with Crippen molar-refractivity contribution >= 4 is 33.5 Å². The molecule has 4 aromatic rings. The van der Waals surface area contributed by atoms with Gasteiger partial charge in [0.05, 0.1) is 16.6 Å². The molecule has 4 rings (SSSR count). The normalized spacial score (nSPS) is 11.7. The zero-order valence-electron chi connectivity index (χ0n) is 17.1. The minimum Gasteiger partial charge on any atom is -0.492 e. The summed E-state index contributed by atoms with van der Waals surface area (Å²) < 4.78 is 11.2. The molecule has 0 saturated carbocycles. The molecule has 0 fully saturated rings. The van der Waals surface area contributed by atoms with Crippen LogP contribution in [0.4, 0.5) is 11.6 Å². The van der Waals surface area contributed by atoms with Gasteiger partial charge >= 0.3 is 0 Å². The first-order chi connectivity index (χ1) is 14.0. The summed E-state index contributed by atoms with van der Waals surface area (Å²) in [5, 5.41) is 9.40. The monoisotopic (exact) mass is 391 g/mol. The minimum absolute atomic E-state index is 0.244. The first kappa shape index (κ1) is 19.1. The number of nitrogens with one attached hydrogen (secondary N) is 1. The number of fused-ring (bicyclic) bond motifs is 3. The smallest absolute Gasteiger partial charge is 0.227 e. The van der Waals surface area contributed by atoms with Crippen LogP contribution in [-0.2, 0) is 0 Å². The Kier molecular flexibility index (Phi) is 5.31. The fourth-order valence-corrected chi connectivity index (χ4v) is 3.11. The largest absolute Gasteiger partial charge is 0.492 e. The summed E-state index contributed by atoms with van der Waals surface area (Å²) in [5.74, 6) is 1.61. The number of rotatable bonds is 7. The molecule has 0 unspecified atom stereocenters. The zero-order valence-corrected chi connectivity index (χ0v) is 17.1. The number of nitrogens with zero attached hydrogens (tertiary/aromatic N) is 4. The molecule has 0 bridgehead atoms. The third-order valence-corrected chi connectivity index (χ3v) is 4.68. The van der Waals surface area contributed by atoms with Crippen molar-refractivity contribution < 1.29 is 9.26 Å². The van der Waals surface area contributed by atoms with E-state index >= 15 is 0 Å². The van der Waals surface area contributed by atoms with Gasteiger partial charge in [-0.25, -0.2) is 9.97 Å². The number of anilines is 2. The van der Waals surface area contributed by atoms with Crippen LogP contribution in [-0.4, -0.2) is 47.3 Å².